The van der Waals surface area contributed by atoms with E-state index in [-0.39, 0.29) is 16.5 Å². The van der Waals surface area contributed by atoms with Crippen LogP contribution in [0.5, 0.6) is 0 Å². The van der Waals surface area contributed by atoms with E-state index in [0.717, 1.165) is 29.1 Å². The van der Waals surface area contributed by atoms with Gasteiger partial charge in [0.25, 0.3) is 0 Å². The summed E-state index contributed by atoms with van der Waals surface area (Å²) in [5.41, 5.74) is 2.55. The minimum atomic E-state index is -3.78. The van der Waals surface area contributed by atoms with Crippen LogP contribution in [-0.4, -0.2) is 29.7 Å². The first-order valence-electron chi connectivity index (χ1n) is 7.76. The molecule has 0 spiro atoms. The standard InChI is InChI=1S/C17H16ClFN4O2S/c1-12-9-17(13-3-2-6-20-11-13)22-23(12)8-7-21-26(24,25)14-4-5-16(19)15(18)10-14/h2-6,9-11,21H,7-8H2,1H3. The predicted molar refractivity (Wildman–Crippen MR) is 96.8 cm³/mol. The first-order chi connectivity index (χ1) is 12.4. The molecule has 0 aliphatic carbocycles. The Hall–Kier alpha value is -2.29. The van der Waals surface area contributed by atoms with Crippen LogP contribution in [0.15, 0.2) is 53.7 Å². The van der Waals surface area contributed by atoms with Crippen molar-refractivity contribution in [1.82, 2.24) is 19.5 Å². The predicted octanol–water partition coefficient (Wildman–Crippen LogP) is 3.02. The highest BCUT2D eigenvalue weighted by Crippen LogP contribution is 2.20. The van der Waals surface area contributed by atoms with Gasteiger partial charge in [0.05, 0.1) is 22.2 Å². The van der Waals surface area contributed by atoms with E-state index in [1.54, 1.807) is 17.1 Å². The molecule has 0 fully saturated rings. The van der Waals surface area contributed by atoms with E-state index in [4.69, 9.17) is 11.6 Å². The Balaban J connectivity index is 1.68. The van der Waals surface area contributed by atoms with Gasteiger partial charge in [-0.25, -0.2) is 17.5 Å². The molecule has 0 radical (unpaired) electrons. The summed E-state index contributed by atoms with van der Waals surface area (Å²) in [7, 11) is -3.78. The van der Waals surface area contributed by atoms with Crippen LogP contribution in [0.4, 0.5) is 4.39 Å². The summed E-state index contributed by atoms with van der Waals surface area (Å²) in [4.78, 5) is 3.98. The van der Waals surface area contributed by atoms with Crippen molar-refractivity contribution in [3.05, 3.63) is 65.3 Å². The van der Waals surface area contributed by atoms with Crippen LogP contribution in [-0.2, 0) is 16.6 Å². The number of pyridine rings is 1. The molecule has 0 amide bonds. The molecule has 0 atom stereocenters. The molecular formula is C17H16ClFN4O2S. The highest BCUT2D eigenvalue weighted by Gasteiger charge is 2.16. The average Bonchev–Trinajstić information content (AvgIpc) is 2.99. The Labute approximate surface area is 155 Å². The zero-order valence-corrected chi connectivity index (χ0v) is 15.4. The molecule has 0 saturated carbocycles. The lowest BCUT2D eigenvalue weighted by Crippen LogP contribution is -2.28. The van der Waals surface area contributed by atoms with Crippen LogP contribution >= 0.6 is 11.6 Å². The molecule has 0 aliphatic heterocycles. The molecule has 3 rings (SSSR count). The molecule has 0 unspecified atom stereocenters. The molecule has 2 aromatic heterocycles. The molecule has 2 heterocycles. The summed E-state index contributed by atoms with van der Waals surface area (Å²) in [6.07, 6.45) is 3.40. The SMILES string of the molecule is Cc1cc(-c2cccnc2)nn1CCNS(=O)(=O)c1ccc(F)c(Cl)c1. The summed E-state index contributed by atoms with van der Waals surface area (Å²) < 4.78 is 41.9. The quantitative estimate of drug-likeness (QED) is 0.697. The molecule has 3 aromatic rings. The average molecular weight is 395 g/mol. The Morgan fingerprint density at radius 3 is 2.77 bits per heavy atom. The topological polar surface area (TPSA) is 76.9 Å². The van der Waals surface area contributed by atoms with Gasteiger partial charge < -0.3 is 0 Å². The fourth-order valence-electron chi connectivity index (χ4n) is 2.41. The Bertz CT molecular complexity index is 1020. The monoisotopic (exact) mass is 394 g/mol. The van der Waals surface area contributed by atoms with E-state index < -0.39 is 15.8 Å². The molecular weight excluding hydrogens is 379 g/mol. The van der Waals surface area contributed by atoms with Gasteiger partial charge in [0.2, 0.25) is 10.0 Å². The number of hydrogen-bond acceptors (Lipinski definition) is 4. The number of halogens is 2. The summed E-state index contributed by atoms with van der Waals surface area (Å²) in [5, 5.41) is 4.23. The third-order valence-corrected chi connectivity index (χ3v) is 5.50. The van der Waals surface area contributed by atoms with Crippen molar-refractivity contribution in [2.75, 3.05) is 6.54 Å². The van der Waals surface area contributed by atoms with Crippen molar-refractivity contribution in [2.24, 2.45) is 0 Å². The second-order valence-corrected chi connectivity index (χ2v) is 7.78. The van der Waals surface area contributed by atoms with Crippen molar-refractivity contribution in [3.63, 3.8) is 0 Å². The number of nitrogens with one attached hydrogen (secondary N) is 1. The highest BCUT2D eigenvalue weighted by atomic mass is 35.5. The third kappa shape index (κ3) is 4.09. The van der Waals surface area contributed by atoms with Crippen LogP contribution < -0.4 is 4.72 Å². The smallest absolute Gasteiger partial charge is 0.240 e. The maximum absolute atomic E-state index is 13.2. The number of aryl methyl sites for hydroxylation is 1. The maximum Gasteiger partial charge on any atom is 0.240 e. The minimum absolute atomic E-state index is 0.0860. The fourth-order valence-corrected chi connectivity index (χ4v) is 3.70. The summed E-state index contributed by atoms with van der Waals surface area (Å²) in [6.45, 7) is 2.37. The van der Waals surface area contributed by atoms with E-state index in [1.807, 2.05) is 25.1 Å². The Morgan fingerprint density at radius 2 is 2.08 bits per heavy atom. The number of sulfonamides is 1. The van der Waals surface area contributed by atoms with Crippen LogP contribution in [0.3, 0.4) is 0 Å². The van der Waals surface area contributed by atoms with Crippen molar-refractivity contribution < 1.29 is 12.8 Å². The van der Waals surface area contributed by atoms with Crippen molar-refractivity contribution in [1.29, 1.82) is 0 Å². The summed E-state index contributed by atoms with van der Waals surface area (Å²) in [5.74, 6) is -0.666. The number of hydrogen-bond donors (Lipinski definition) is 1. The fraction of sp³-hybridized carbons (Fsp3) is 0.176. The lowest BCUT2D eigenvalue weighted by atomic mass is 10.2. The van der Waals surface area contributed by atoms with E-state index >= 15 is 0 Å². The van der Waals surface area contributed by atoms with Gasteiger partial charge in [0.15, 0.2) is 0 Å². The van der Waals surface area contributed by atoms with Crippen molar-refractivity contribution in [3.8, 4) is 11.3 Å². The maximum atomic E-state index is 13.2. The molecule has 0 aliphatic rings. The largest absolute Gasteiger partial charge is 0.268 e. The Kier molecular flexibility index (Phi) is 5.36. The van der Waals surface area contributed by atoms with Gasteiger partial charge in [-0.3, -0.25) is 9.67 Å². The van der Waals surface area contributed by atoms with E-state index in [0.29, 0.717) is 6.54 Å². The normalized spacial score (nSPS) is 11.7. The van der Waals surface area contributed by atoms with E-state index in [1.165, 1.54) is 6.07 Å². The van der Waals surface area contributed by atoms with Gasteiger partial charge in [0, 0.05) is 30.2 Å². The lowest BCUT2D eigenvalue weighted by Gasteiger charge is -2.08. The van der Waals surface area contributed by atoms with Gasteiger partial charge >= 0.3 is 0 Å². The molecule has 136 valence electrons. The number of benzene rings is 1. The number of rotatable bonds is 6. The summed E-state index contributed by atoms with van der Waals surface area (Å²) >= 11 is 5.65. The van der Waals surface area contributed by atoms with E-state index in [2.05, 4.69) is 14.8 Å². The summed E-state index contributed by atoms with van der Waals surface area (Å²) in [6, 6.07) is 8.91. The van der Waals surface area contributed by atoms with Gasteiger partial charge in [0.1, 0.15) is 5.82 Å². The third-order valence-electron chi connectivity index (χ3n) is 3.76. The molecule has 1 aromatic carbocycles. The second kappa shape index (κ2) is 7.53. The molecule has 9 heteroatoms. The molecule has 0 bridgehead atoms. The Morgan fingerprint density at radius 1 is 1.27 bits per heavy atom. The lowest BCUT2D eigenvalue weighted by molar-refractivity contribution is 0.556. The molecule has 6 nitrogen and oxygen atoms in total. The van der Waals surface area contributed by atoms with Gasteiger partial charge in [-0.1, -0.05) is 11.6 Å². The molecule has 1 N–H and O–H groups in total. The zero-order chi connectivity index (χ0) is 18.7. The van der Waals surface area contributed by atoms with Crippen LogP contribution in [0.2, 0.25) is 5.02 Å². The first kappa shape index (κ1) is 18.5. The van der Waals surface area contributed by atoms with Crippen LogP contribution in [0, 0.1) is 12.7 Å². The zero-order valence-electron chi connectivity index (χ0n) is 13.9. The van der Waals surface area contributed by atoms with E-state index in [9.17, 15) is 12.8 Å². The van der Waals surface area contributed by atoms with Crippen LogP contribution in [0.1, 0.15) is 5.69 Å². The molecule has 26 heavy (non-hydrogen) atoms. The van der Waals surface area contributed by atoms with Crippen LogP contribution in [0.25, 0.3) is 11.3 Å². The van der Waals surface area contributed by atoms with Crippen molar-refractivity contribution >= 4 is 21.6 Å². The number of aromatic nitrogens is 3. The molecule has 0 saturated heterocycles. The number of nitrogens with zero attached hydrogens (tertiary/aromatic N) is 3. The first-order valence-corrected chi connectivity index (χ1v) is 9.62. The second-order valence-electron chi connectivity index (χ2n) is 5.61. The van der Waals surface area contributed by atoms with Gasteiger partial charge in [-0.15, -0.1) is 0 Å². The van der Waals surface area contributed by atoms with Crippen molar-refractivity contribution in [2.45, 2.75) is 18.4 Å². The van der Waals surface area contributed by atoms with Gasteiger partial charge in [-0.05, 0) is 43.3 Å². The minimum Gasteiger partial charge on any atom is -0.268 e. The highest BCUT2D eigenvalue weighted by molar-refractivity contribution is 7.89. The van der Waals surface area contributed by atoms with Gasteiger partial charge in [-0.2, -0.15) is 5.10 Å².